The van der Waals surface area contributed by atoms with Crippen LogP contribution < -0.4 is 10.6 Å². The van der Waals surface area contributed by atoms with Crippen molar-refractivity contribution in [2.45, 2.75) is 39.8 Å². The molecule has 12 heteroatoms. The van der Waals surface area contributed by atoms with Gasteiger partial charge < -0.3 is 25.3 Å². The van der Waals surface area contributed by atoms with Gasteiger partial charge in [0.1, 0.15) is 0 Å². The van der Waals surface area contributed by atoms with Crippen LogP contribution in [0.25, 0.3) is 17.3 Å². The topological polar surface area (TPSA) is 129 Å². The Kier molecular flexibility index (Phi) is 7.23. The number of nitrogens with zero attached hydrogens (tertiary/aromatic N) is 2. The van der Waals surface area contributed by atoms with E-state index in [0.717, 1.165) is 29.0 Å². The van der Waals surface area contributed by atoms with Crippen LogP contribution in [-0.4, -0.2) is 37.4 Å². The van der Waals surface area contributed by atoms with Crippen LogP contribution in [0.1, 0.15) is 56.1 Å². The van der Waals surface area contributed by atoms with Crippen LogP contribution in [0.15, 0.2) is 48.9 Å². The van der Waals surface area contributed by atoms with Crippen molar-refractivity contribution in [2.24, 2.45) is 0 Å². The number of hydrogen-bond donors (Lipinski definition) is 4. The molecule has 4 N–H and O–H groups in total. The molecule has 0 fully saturated rings. The highest BCUT2D eigenvalue weighted by Gasteiger charge is 2.32. The molecule has 0 saturated carbocycles. The molecule has 0 bridgehead atoms. The molecule has 2 aromatic heterocycles. The van der Waals surface area contributed by atoms with Crippen LogP contribution in [0.5, 0.6) is 0 Å². The van der Waals surface area contributed by atoms with E-state index in [4.69, 9.17) is 5.11 Å². The molecule has 0 spiro atoms. The summed E-state index contributed by atoms with van der Waals surface area (Å²) >= 11 is 0. The van der Waals surface area contributed by atoms with Crippen molar-refractivity contribution in [3.05, 3.63) is 93.8 Å². The fourth-order valence-electron chi connectivity index (χ4n) is 4.95. The van der Waals surface area contributed by atoms with Crippen molar-refractivity contribution in [3.63, 3.8) is 0 Å². The number of carboxylic acid groups (broad SMARTS) is 1. The van der Waals surface area contributed by atoms with Gasteiger partial charge in [-0.25, -0.2) is 4.98 Å². The molecule has 2 amide bonds. The molecule has 4 aromatic rings. The summed E-state index contributed by atoms with van der Waals surface area (Å²) in [6, 6.07) is 7.79. The lowest BCUT2D eigenvalue weighted by molar-refractivity contribution is -0.138. The monoisotopic (exact) mass is 577 g/mol. The number of carbonyl (C=O) groups excluding carboxylic acids is 2. The van der Waals surface area contributed by atoms with Crippen molar-refractivity contribution in [1.29, 1.82) is 0 Å². The van der Waals surface area contributed by atoms with Crippen LogP contribution in [0.3, 0.4) is 0 Å². The number of carboxylic acids is 1. The fourth-order valence-corrected chi connectivity index (χ4v) is 4.95. The second-order valence-electron chi connectivity index (χ2n) is 10.1. The molecule has 1 aliphatic rings. The summed E-state index contributed by atoms with van der Waals surface area (Å²) in [4.78, 5) is 44.2. The first-order chi connectivity index (χ1) is 19.8. The van der Waals surface area contributed by atoms with E-state index in [2.05, 4.69) is 20.6 Å². The predicted molar refractivity (Wildman–Crippen MR) is 150 cm³/mol. The zero-order chi connectivity index (χ0) is 30.3. The lowest BCUT2D eigenvalue weighted by Gasteiger charge is -2.13. The van der Waals surface area contributed by atoms with Crippen molar-refractivity contribution in [1.82, 2.24) is 14.5 Å². The number of carbonyl (C=O) groups is 3. The average Bonchev–Trinajstić information content (AvgIpc) is 3.57. The summed E-state index contributed by atoms with van der Waals surface area (Å²) < 4.78 is 42.3. The molecular formula is C30H26F3N5O4. The van der Waals surface area contributed by atoms with E-state index in [1.165, 1.54) is 23.0 Å². The molecule has 1 aliphatic heterocycles. The highest BCUT2D eigenvalue weighted by molar-refractivity contribution is 6.35. The summed E-state index contributed by atoms with van der Waals surface area (Å²) in [5.74, 6) is -2.03. The number of aromatic nitrogens is 3. The molecule has 0 unspecified atom stereocenters. The van der Waals surface area contributed by atoms with E-state index >= 15 is 0 Å². The number of H-pyrrole nitrogens is 1. The van der Waals surface area contributed by atoms with Crippen molar-refractivity contribution >= 4 is 40.8 Å². The van der Waals surface area contributed by atoms with E-state index in [0.29, 0.717) is 34.6 Å². The Morgan fingerprint density at radius 3 is 2.55 bits per heavy atom. The van der Waals surface area contributed by atoms with Crippen molar-refractivity contribution in [2.75, 3.05) is 10.6 Å². The Labute approximate surface area is 238 Å². The van der Waals surface area contributed by atoms with Gasteiger partial charge in [-0.2, -0.15) is 13.2 Å². The SMILES string of the molecule is Cc1cn(-c2cc(C(=O)Nc3ccc4c(c3)NC(=O)C4=Cc3[nH]c(C)c(CCC(=O)O)c3C)cc(C(F)(F)F)c2)cn1. The highest BCUT2D eigenvalue weighted by atomic mass is 19.4. The molecule has 5 rings (SSSR count). The summed E-state index contributed by atoms with van der Waals surface area (Å²) in [6.07, 6.45) is 0.278. The third kappa shape index (κ3) is 5.69. The minimum Gasteiger partial charge on any atom is -0.481 e. The maximum absolute atomic E-state index is 13.6. The summed E-state index contributed by atoms with van der Waals surface area (Å²) in [5.41, 5.74) is 4.43. The van der Waals surface area contributed by atoms with Crippen molar-refractivity contribution < 1.29 is 32.7 Å². The van der Waals surface area contributed by atoms with Crippen LogP contribution in [0.2, 0.25) is 0 Å². The fraction of sp³-hybridized carbons (Fsp3) is 0.200. The van der Waals surface area contributed by atoms with Gasteiger partial charge in [0.2, 0.25) is 0 Å². The normalized spacial score (nSPS) is 13.8. The number of hydrogen-bond acceptors (Lipinski definition) is 4. The number of fused-ring (bicyclic) bond motifs is 1. The first kappa shape index (κ1) is 28.4. The number of amides is 2. The summed E-state index contributed by atoms with van der Waals surface area (Å²) in [7, 11) is 0. The number of imidazole rings is 1. The number of aryl methyl sites for hydroxylation is 2. The van der Waals surface area contributed by atoms with Gasteiger partial charge in [-0.15, -0.1) is 0 Å². The van der Waals surface area contributed by atoms with E-state index in [1.807, 2.05) is 13.8 Å². The minimum absolute atomic E-state index is 0.0155. The lowest BCUT2D eigenvalue weighted by Crippen LogP contribution is -2.15. The number of rotatable bonds is 7. The summed E-state index contributed by atoms with van der Waals surface area (Å²) in [6.45, 7) is 5.39. The maximum Gasteiger partial charge on any atom is 0.416 e. The number of nitrogens with one attached hydrogen (secondary N) is 3. The molecule has 0 saturated heterocycles. The van der Waals surface area contributed by atoms with Crippen LogP contribution in [-0.2, 0) is 22.2 Å². The molecule has 0 aliphatic carbocycles. The van der Waals surface area contributed by atoms with Crippen molar-refractivity contribution in [3.8, 4) is 5.69 Å². The second kappa shape index (κ2) is 10.7. The van der Waals surface area contributed by atoms with Gasteiger partial charge in [-0.3, -0.25) is 14.4 Å². The molecule has 42 heavy (non-hydrogen) atoms. The molecule has 0 atom stereocenters. The quantitative estimate of drug-likeness (QED) is 0.203. The molecule has 216 valence electrons. The first-order valence-electron chi connectivity index (χ1n) is 12.9. The second-order valence-corrected chi connectivity index (χ2v) is 10.1. The van der Waals surface area contributed by atoms with E-state index in [1.54, 1.807) is 31.3 Å². The smallest absolute Gasteiger partial charge is 0.416 e. The third-order valence-corrected chi connectivity index (χ3v) is 7.09. The maximum atomic E-state index is 13.6. The number of alkyl halides is 3. The highest BCUT2D eigenvalue weighted by Crippen LogP contribution is 2.36. The first-order valence-corrected chi connectivity index (χ1v) is 12.9. The van der Waals surface area contributed by atoms with Gasteiger partial charge in [0, 0.05) is 46.5 Å². The number of anilines is 2. The Hall–Kier alpha value is -5.13. The van der Waals surface area contributed by atoms with Crippen LogP contribution >= 0.6 is 0 Å². The van der Waals surface area contributed by atoms with E-state index in [-0.39, 0.29) is 29.3 Å². The van der Waals surface area contributed by atoms with Gasteiger partial charge in [0.05, 0.1) is 28.8 Å². The van der Waals surface area contributed by atoms with E-state index in [9.17, 15) is 27.6 Å². The Bertz CT molecular complexity index is 1780. The zero-order valence-corrected chi connectivity index (χ0v) is 22.8. The third-order valence-electron chi connectivity index (χ3n) is 7.09. The average molecular weight is 578 g/mol. The Morgan fingerprint density at radius 2 is 1.88 bits per heavy atom. The summed E-state index contributed by atoms with van der Waals surface area (Å²) in [5, 5.41) is 14.4. The number of aromatic amines is 1. The molecular weight excluding hydrogens is 551 g/mol. The predicted octanol–water partition coefficient (Wildman–Crippen LogP) is 5.91. The number of halogens is 3. The Morgan fingerprint density at radius 1 is 1.12 bits per heavy atom. The van der Waals surface area contributed by atoms with Gasteiger partial charge >= 0.3 is 12.1 Å². The van der Waals surface area contributed by atoms with Gasteiger partial charge in [-0.05, 0) is 74.7 Å². The molecule has 0 radical (unpaired) electrons. The van der Waals surface area contributed by atoms with Crippen LogP contribution in [0, 0.1) is 20.8 Å². The lowest BCUT2D eigenvalue weighted by atomic mass is 10.0. The number of aliphatic carboxylic acids is 1. The number of benzene rings is 2. The van der Waals surface area contributed by atoms with Gasteiger partial charge in [0.25, 0.3) is 11.8 Å². The zero-order valence-electron chi connectivity index (χ0n) is 22.8. The molecule has 3 heterocycles. The minimum atomic E-state index is -4.67. The van der Waals surface area contributed by atoms with Gasteiger partial charge in [-0.1, -0.05) is 6.07 Å². The van der Waals surface area contributed by atoms with E-state index < -0.39 is 23.6 Å². The standard InChI is InChI=1S/C30H26F3N5O4/c1-15-13-38(14-34-15)21-9-18(8-19(10-21)30(31,32)33)28(41)36-20-4-5-23-24(29(42)37-26(23)11-20)12-25-16(2)22(17(3)35-25)6-7-27(39)40/h4-5,8-14,35H,6-7H2,1-3H3,(H,36,41)(H,37,42)(H,39,40). The largest absolute Gasteiger partial charge is 0.481 e. The van der Waals surface area contributed by atoms with Gasteiger partial charge in [0.15, 0.2) is 0 Å². The Balaban J connectivity index is 1.41. The molecule has 9 nitrogen and oxygen atoms in total. The molecule has 2 aromatic carbocycles. The van der Waals surface area contributed by atoms with Crippen LogP contribution in [0.4, 0.5) is 24.5 Å².